The molecule has 1 fully saturated rings. The van der Waals surface area contributed by atoms with E-state index in [-0.39, 0.29) is 11.8 Å². The van der Waals surface area contributed by atoms with Crippen LogP contribution in [0.5, 0.6) is 0 Å². The van der Waals surface area contributed by atoms with E-state index in [1.807, 2.05) is 35.0 Å². The zero-order valence-electron chi connectivity index (χ0n) is 17.8. The van der Waals surface area contributed by atoms with Gasteiger partial charge in [-0.1, -0.05) is 71.0 Å². The van der Waals surface area contributed by atoms with E-state index in [9.17, 15) is 4.79 Å². The summed E-state index contributed by atoms with van der Waals surface area (Å²) < 4.78 is 1.84. The van der Waals surface area contributed by atoms with Gasteiger partial charge in [-0.2, -0.15) is 0 Å². The maximum Gasteiger partial charge on any atom is 0.225 e. The first kappa shape index (κ1) is 21.0. The van der Waals surface area contributed by atoms with Gasteiger partial charge in [-0.15, -0.1) is 5.10 Å². The summed E-state index contributed by atoms with van der Waals surface area (Å²) in [6.07, 6.45) is 3.81. The van der Waals surface area contributed by atoms with Crippen molar-refractivity contribution in [1.29, 1.82) is 0 Å². The van der Waals surface area contributed by atoms with Gasteiger partial charge in [0.05, 0.1) is 17.8 Å². The van der Waals surface area contributed by atoms with Gasteiger partial charge < -0.3 is 10.2 Å². The van der Waals surface area contributed by atoms with Crippen LogP contribution < -0.4 is 10.2 Å². The number of aryl methyl sites for hydroxylation is 1. The van der Waals surface area contributed by atoms with Gasteiger partial charge in [-0.05, 0) is 31.4 Å². The summed E-state index contributed by atoms with van der Waals surface area (Å²) in [6.45, 7) is 4.08. The number of carbonyl (C=O) groups excluding carboxylic acids is 1. The topological polar surface area (TPSA) is 62.5 Å². The third kappa shape index (κ3) is 4.36. The number of nitrogens with zero attached hydrogens (tertiary/aromatic N) is 4. The summed E-state index contributed by atoms with van der Waals surface area (Å²) in [4.78, 5) is 20.6. The van der Waals surface area contributed by atoms with Crippen LogP contribution in [0.15, 0.2) is 54.7 Å². The summed E-state index contributed by atoms with van der Waals surface area (Å²) in [5, 5.41) is 9.38. The molecule has 2 aromatic heterocycles. The fourth-order valence-electron chi connectivity index (χ4n) is 4.01. The van der Waals surface area contributed by atoms with Gasteiger partial charge in [0.25, 0.3) is 0 Å². The number of aromatic nitrogens is 3. The largest absolute Gasteiger partial charge is 0.352 e. The number of imidazole rings is 1. The Kier molecular flexibility index (Phi) is 5.85. The molecule has 6 nitrogen and oxygen atoms in total. The van der Waals surface area contributed by atoms with Gasteiger partial charge in [0, 0.05) is 30.2 Å². The molecule has 164 valence electrons. The molecule has 0 bridgehead atoms. The van der Waals surface area contributed by atoms with Gasteiger partial charge in [-0.25, -0.2) is 9.50 Å². The molecular formula is C24H24ClN5OS. The maximum absolute atomic E-state index is 12.8. The minimum absolute atomic E-state index is 0.0643. The van der Waals surface area contributed by atoms with Crippen LogP contribution in [0.25, 0.3) is 16.2 Å². The van der Waals surface area contributed by atoms with Crippen molar-refractivity contribution >= 4 is 38.9 Å². The van der Waals surface area contributed by atoms with Crippen LogP contribution in [0.2, 0.25) is 5.02 Å². The van der Waals surface area contributed by atoms with Crippen LogP contribution >= 0.6 is 22.9 Å². The highest BCUT2D eigenvalue weighted by atomic mass is 35.5. The third-order valence-corrected chi connectivity index (χ3v) is 7.21. The van der Waals surface area contributed by atoms with Gasteiger partial charge in [-0.3, -0.25) is 4.79 Å². The summed E-state index contributed by atoms with van der Waals surface area (Å²) in [7, 11) is 0. The minimum Gasteiger partial charge on any atom is -0.352 e. The van der Waals surface area contributed by atoms with Crippen molar-refractivity contribution < 1.29 is 4.79 Å². The predicted octanol–water partition coefficient (Wildman–Crippen LogP) is 4.95. The quantitative estimate of drug-likeness (QED) is 0.453. The number of piperidine rings is 1. The lowest BCUT2D eigenvalue weighted by molar-refractivity contribution is -0.125. The van der Waals surface area contributed by atoms with Crippen molar-refractivity contribution in [2.75, 3.05) is 18.0 Å². The van der Waals surface area contributed by atoms with Crippen LogP contribution in [0.3, 0.4) is 0 Å². The summed E-state index contributed by atoms with van der Waals surface area (Å²) >= 11 is 7.77. The average Bonchev–Trinajstić information content (AvgIpc) is 3.39. The molecule has 3 heterocycles. The minimum atomic E-state index is -0.0643. The van der Waals surface area contributed by atoms with E-state index in [4.69, 9.17) is 21.7 Å². The number of carbonyl (C=O) groups is 1. The molecule has 1 saturated heterocycles. The first-order chi connectivity index (χ1) is 15.6. The van der Waals surface area contributed by atoms with E-state index < -0.39 is 0 Å². The maximum atomic E-state index is 12.8. The molecule has 0 spiro atoms. The molecule has 0 aliphatic carbocycles. The van der Waals surface area contributed by atoms with Gasteiger partial charge in [0.2, 0.25) is 16.0 Å². The van der Waals surface area contributed by atoms with E-state index in [0.717, 1.165) is 46.3 Å². The molecule has 1 aliphatic heterocycles. The Morgan fingerprint density at radius 2 is 2.03 bits per heavy atom. The van der Waals surface area contributed by atoms with Gasteiger partial charge >= 0.3 is 0 Å². The second-order valence-corrected chi connectivity index (χ2v) is 9.54. The van der Waals surface area contributed by atoms with Crippen molar-refractivity contribution in [1.82, 2.24) is 19.9 Å². The predicted molar refractivity (Wildman–Crippen MR) is 129 cm³/mol. The smallest absolute Gasteiger partial charge is 0.225 e. The number of nitrogens with one attached hydrogen (secondary N) is 1. The van der Waals surface area contributed by atoms with Crippen LogP contribution in [-0.2, 0) is 11.3 Å². The Morgan fingerprint density at radius 1 is 1.22 bits per heavy atom. The van der Waals surface area contributed by atoms with E-state index in [0.29, 0.717) is 18.1 Å². The second kappa shape index (κ2) is 8.92. The zero-order chi connectivity index (χ0) is 22.1. The van der Waals surface area contributed by atoms with E-state index in [1.54, 1.807) is 11.3 Å². The molecular weight excluding hydrogens is 442 g/mol. The van der Waals surface area contributed by atoms with Crippen molar-refractivity contribution in [3.63, 3.8) is 0 Å². The van der Waals surface area contributed by atoms with Crippen molar-refractivity contribution in [2.24, 2.45) is 5.92 Å². The molecule has 0 radical (unpaired) electrons. The first-order valence-corrected chi connectivity index (χ1v) is 12.0. The SMILES string of the molecule is Cc1ccc(-c2cn3nc(N4CCCC(C(=O)NCc5ccccc5Cl)C4)sc3n2)cc1. The van der Waals surface area contributed by atoms with Crippen molar-refractivity contribution in [3.05, 3.63) is 70.9 Å². The van der Waals surface area contributed by atoms with Crippen LogP contribution in [0.1, 0.15) is 24.0 Å². The Labute approximate surface area is 195 Å². The van der Waals surface area contributed by atoms with E-state index in [2.05, 4.69) is 41.4 Å². The molecule has 1 N–H and O–H groups in total. The number of hydrogen-bond acceptors (Lipinski definition) is 5. The lowest BCUT2D eigenvalue weighted by Crippen LogP contribution is -2.43. The van der Waals surface area contributed by atoms with Gasteiger partial charge in [0.1, 0.15) is 0 Å². The number of benzene rings is 2. The molecule has 4 aromatic rings. The normalized spacial score (nSPS) is 16.4. The number of hydrogen-bond donors (Lipinski definition) is 1. The Balaban J connectivity index is 1.25. The Hall–Kier alpha value is -2.90. The second-order valence-electron chi connectivity index (χ2n) is 8.20. The standard InChI is InChI=1S/C24H24ClN5OS/c1-16-8-10-17(11-9-16)21-15-30-23(27-21)32-24(28-30)29-12-4-6-19(14-29)22(31)26-13-18-5-2-3-7-20(18)25/h2-3,5,7-11,15,19H,4,6,12-14H2,1H3,(H,26,31). The number of fused-ring (bicyclic) bond motifs is 1. The highest BCUT2D eigenvalue weighted by molar-refractivity contribution is 7.20. The van der Waals surface area contributed by atoms with Crippen molar-refractivity contribution in [2.45, 2.75) is 26.3 Å². The summed E-state index contributed by atoms with van der Waals surface area (Å²) in [5.41, 5.74) is 4.17. The molecule has 8 heteroatoms. The number of halogens is 1. The molecule has 2 aromatic carbocycles. The highest BCUT2D eigenvalue weighted by Gasteiger charge is 2.28. The lowest BCUT2D eigenvalue weighted by atomic mass is 9.97. The number of rotatable bonds is 5. The van der Waals surface area contributed by atoms with Crippen molar-refractivity contribution in [3.8, 4) is 11.3 Å². The highest BCUT2D eigenvalue weighted by Crippen LogP contribution is 2.30. The monoisotopic (exact) mass is 465 g/mol. The van der Waals surface area contributed by atoms with Crippen LogP contribution in [-0.4, -0.2) is 33.6 Å². The average molecular weight is 466 g/mol. The Bertz CT molecular complexity index is 1220. The lowest BCUT2D eigenvalue weighted by Gasteiger charge is -2.31. The van der Waals surface area contributed by atoms with Crippen LogP contribution in [0, 0.1) is 12.8 Å². The fourth-order valence-corrected chi connectivity index (χ4v) is 5.13. The molecule has 5 rings (SSSR count). The fraction of sp³-hybridized carbons (Fsp3) is 0.292. The van der Waals surface area contributed by atoms with E-state index in [1.165, 1.54) is 5.56 Å². The molecule has 1 aliphatic rings. The Morgan fingerprint density at radius 3 is 2.81 bits per heavy atom. The van der Waals surface area contributed by atoms with Gasteiger partial charge in [0.15, 0.2) is 0 Å². The summed E-state index contributed by atoms with van der Waals surface area (Å²) in [6, 6.07) is 15.9. The van der Waals surface area contributed by atoms with E-state index >= 15 is 0 Å². The molecule has 1 amide bonds. The molecule has 0 saturated carbocycles. The molecule has 1 unspecified atom stereocenters. The third-order valence-electron chi connectivity index (χ3n) is 5.85. The zero-order valence-corrected chi connectivity index (χ0v) is 19.4. The number of anilines is 1. The number of amides is 1. The molecule has 1 atom stereocenters. The summed E-state index contributed by atoms with van der Waals surface area (Å²) in [5.74, 6) is 0.00295. The first-order valence-electron chi connectivity index (χ1n) is 10.8. The van der Waals surface area contributed by atoms with Crippen LogP contribution in [0.4, 0.5) is 5.13 Å². The molecule has 32 heavy (non-hydrogen) atoms.